The van der Waals surface area contributed by atoms with E-state index in [0.29, 0.717) is 0 Å². The van der Waals surface area contributed by atoms with Gasteiger partial charge < -0.3 is 0 Å². The van der Waals surface area contributed by atoms with Crippen molar-refractivity contribution < 1.29 is 0 Å². The molecule has 1 aromatic rings. The van der Waals surface area contributed by atoms with E-state index >= 15 is 0 Å². The Morgan fingerprint density at radius 2 is 1.89 bits per heavy atom. The zero-order valence-corrected chi connectivity index (χ0v) is 13.9. The third-order valence-corrected chi connectivity index (χ3v) is 6.16. The second-order valence-electron chi connectivity index (χ2n) is 5.49. The zero-order chi connectivity index (χ0) is 13.4. The first-order chi connectivity index (χ1) is 8.53. The van der Waals surface area contributed by atoms with Crippen molar-refractivity contribution in [3.63, 3.8) is 0 Å². The molecule has 0 aliphatic heterocycles. The van der Waals surface area contributed by atoms with Crippen molar-refractivity contribution in [3.8, 4) is 0 Å². The second kappa shape index (κ2) is 7.80. The Balaban J connectivity index is 2.64. The molecule has 0 N–H and O–H groups in total. The zero-order valence-electron chi connectivity index (χ0n) is 12.1. The lowest BCUT2D eigenvalue weighted by Gasteiger charge is -2.16. The second-order valence-corrected chi connectivity index (χ2v) is 14.6. The molecule has 100 valence electrons. The predicted octanol–water partition coefficient (Wildman–Crippen LogP) is 5.22. The maximum absolute atomic E-state index is 4.55. The average Bonchev–Trinajstić information content (AvgIpc) is 2.29. The molecule has 1 nitrogen and oxygen atoms in total. The van der Waals surface area contributed by atoms with Gasteiger partial charge in [0.25, 0.3) is 0 Å². The Labute approximate surface area is 117 Å². The number of nitrogens with zero attached hydrogens (tertiary/aromatic N) is 1. The lowest BCUT2D eigenvalue weighted by molar-refractivity contribution is 0.729. The van der Waals surface area contributed by atoms with Crippen molar-refractivity contribution in [1.29, 1.82) is 0 Å². The summed E-state index contributed by atoms with van der Waals surface area (Å²) in [6.07, 6.45) is 5.80. The van der Waals surface area contributed by atoms with E-state index in [1.165, 1.54) is 29.7 Å². The van der Waals surface area contributed by atoms with Crippen LogP contribution in [-0.4, -0.2) is 20.0 Å². The minimum atomic E-state index is -1.13. The van der Waals surface area contributed by atoms with Crippen molar-refractivity contribution >= 4 is 24.6 Å². The molecule has 18 heavy (non-hydrogen) atoms. The molecular weight excluding hydrogens is 254 g/mol. The summed E-state index contributed by atoms with van der Waals surface area (Å²) in [6, 6.07) is 8.61. The van der Waals surface area contributed by atoms with Crippen LogP contribution in [0.25, 0.3) is 0 Å². The van der Waals surface area contributed by atoms with E-state index in [1.54, 1.807) is 0 Å². The van der Waals surface area contributed by atoms with Crippen LogP contribution in [0.1, 0.15) is 31.7 Å². The Morgan fingerprint density at radius 3 is 2.56 bits per heavy atom. The van der Waals surface area contributed by atoms with Crippen molar-refractivity contribution in [1.82, 2.24) is 0 Å². The first-order valence-electron chi connectivity index (χ1n) is 6.81. The van der Waals surface area contributed by atoms with Crippen LogP contribution in [0.3, 0.4) is 0 Å². The summed E-state index contributed by atoms with van der Waals surface area (Å²) in [5.74, 6) is 0. The molecule has 0 atom stereocenters. The van der Waals surface area contributed by atoms with Gasteiger partial charge in [0.05, 0.1) is 0 Å². The van der Waals surface area contributed by atoms with E-state index in [2.05, 4.69) is 62.0 Å². The number of unbranched alkanes of at least 4 members (excludes halogenated alkanes) is 2. The highest BCUT2D eigenvalue weighted by atomic mass is 32.4. The average molecular weight is 280 g/mol. The Bertz CT molecular complexity index is 382. The summed E-state index contributed by atoms with van der Waals surface area (Å²) in [5, 5.41) is 0. The summed E-state index contributed by atoms with van der Waals surface area (Å²) in [5.41, 5.74) is 1.28. The molecule has 0 bridgehead atoms. The van der Waals surface area contributed by atoms with Gasteiger partial charge in [-0.1, -0.05) is 57.6 Å². The van der Waals surface area contributed by atoms with Gasteiger partial charge >= 0.3 is 0 Å². The minimum absolute atomic E-state index is 0.958. The number of aliphatic imine (C=N–C) groups is 1. The van der Waals surface area contributed by atoms with Crippen LogP contribution in [-0.2, 0) is 0 Å². The summed E-state index contributed by atoms with van der Waals surface area (Å²) < 4.78 is 0. The predicted molar refractivity (Wildman–Crippen MR) is 87.6 cm³/mol. The highest BCUT2D eigenvalue weighted by Gasteiger charge is 2.16. The van der Waals surface area contributed by atoms with Gasteiger partial charge in [0, 0.05) is 23.2 Å². The topological polar surface area (TPSA) is 12.4 Å². The maximum atomic E-state index is 4.55. The molecule has 0 saturated carbocycles. The molecule has 1 aromatic carbocycles. The number of hydrogen-bond acceptors (Lipinski definition) is 2. The molecule has 0 aromatic heterocycles. The molecule has 0 saturated heterocycles. The standard InChI is InChI=1S/C15H25NSSi/c1-5-6-9-12-16-13-14-10-7-8-11-15(14)17-18(2,3)4/h7-8,10-11,13H,5-6,9,12H2,1-4H3. The summed E-state index contributed by atoms with van der Waals surface area (Å²) in [7, 11) is -1.13. The Hall–Kier alpha value is -0.543. The Morgan fingerprint density at radius 1 is 1.17 bits per heavy atom. The molecule has 0 aliphatic carbocycles. The fraction of sp³-hybridized carbons (Fsp3) is 0.533. The van der Waals surface area contributed by atoms with E-state index in [-0.39, 0.29) is 0 Å². The SMILES string of the molecule is CCCCCN=Cc1ccccc1S[Si](C)(C)C. The molecular formula is C15H25NSSi. The van der Waals surface area contributed by atoms with Crippen LogP contribution in [0.5, 0.6) is 0 Å². The third-order valence-electron chi connectivity index (χ3n) is 2.46. The van der Waals surface area contributed by atoms with Crippen LogP contribution in [0.15, 0.2) is 34.2 Å². The summed E-state index contributed by atoms with van der Waals surface area (Å²) >= 11 is 2.04. The molecule has 0 radical (unpaired) electrons. The van der Waals surface area contributed by atoms with Gasteiger partial charge in [0.1, 0.15) is 7.22 Å². The van der Waals surface area contributed by atoms with Crippen molar-refractivity contribution in [3.05, 3.63) is 29.8 Å². The van der Waals surface area contributed by atoms with Crippen LogP contribution < -0.4 is 0 Å². The molecule has 0 amide bonds. The lowest BCUT2D eigenvalue weighted by atomic mass is 10.2. The first kappa shape index (κ1) is 15.5. The molecule has 0 unspecified atom stereocenters. The molecule has 0 spiro atoms. The molecule has 1 rings (SSSR count). The van der Waals surface area contributed by atoms with Crippen molar-refractivity contribution in [2.45, 2.75) is 50.7 Å². The highest BCUT2D eigenvalue weighted by Crippen LogP contribution is 2.30. The number of rotatable bonds is 7. The fourth-order valence-electron chi connectivity index (χ4n) is 1.63. The van der Waals surface area contributed by atoms with E-state index in [4.69, 9.17) is 0 Å². The van der Waals surface area contributed by atoms with Gasteiger partial charge in [-0.3, -0.25) is 4.99 Å². The van der Waals surface area contributed by atoms with Crippen LogP contribution in [0.4, 0.5) is 0 Å². The monoisotopic (exact) mass is 279 g/mol. The summed E-state index contributed by atoms with van der Waals surface area (Å²) in [6.45, 7) is 10.3. The van der Waals surface area contributed by atoms with E-state index in [0.717, 1.165) is 6.54 Å². The van der Waals surface area contributed by atoms with Crippen molar-refractivity contribution in [2.75, 3.05) is 6.54 Å². The fourth-order valence-corrected chi connectivity index (χ4v) is 5.21. The van der Waals surface area contributed by atoms with E-state index in [9.17, 15) is 0 Å². The molecule has 0 aliphatic rings. The van der Waals surface area contributed by atoms with Gasteiger partial charge in [0.15, 0.2) is 0 Å². The van der Waals surface area contributed by atoms with Crippen LogP contribution in [0, 0.1) is 0 Å². The van der Waals surface area contributed by atoms with E-state index < -0.39 is 7.22 Å². The maximum Gasteiger partial charge on any atom is 0.114 e. The third kappa shape index (κ3) is 6.41. The normalized spacial score (nSPS) is 12.2. The van der Waals surface area contributed by atoms with Gasteiger partial charge in [-0.25, -0.2) is 0 Å². The smallest absolute Gasteiger partial charge is 0.114 e. The van der Waals surface area contributed by atoms with Gasteiger partial charge in [-0.05, 0) is 12.5 Å². The highest BCUT2D eigenvalue weighted by molar-refractivity contribution is 8.28. The lowest BCUT2D eigenvalue weighted by Crippen LogP contribution is -2.13. The van der Waals surface area contributed by atoms with Crippen LogP contribution >= 0.6 is 11.2 Å². The van der Waals surface area contributed by atoms with Crippen LogP contribution in [0.2, 0.25) is 19.6 Å². The van der Waals surface area contributed by atoms with E-state index in [1.807, 2.05) is 11.2 Å². The summed E-state index contributed by atoms with van der Waals surface area (Å²) in [4.78, 5) is 5.93. The van der Waals surface area contributed by atoms with Crippen molar-refractivity contribution in [2.24, 2.45) is 4.99 Å². The molecule has 3 heteroatoms. The quantitative estimate of drug-likeness (QED) is 0.378. The molecule has 0 heterocycles. The van der Waals surface area contributed by atoms with Gasteiger partial charge in [-0.2, -0.15) is 11.2 Å². The van der Waals surface area contributed by atoms with Gasteiger partial charge in [-0.15, -0.1) is 0 Å². The Kier molecular flexibility index (Phi) is 6.72. The molecule has 0 fully saturated rings. The number of benzene rings is 1. The minimum Gasteiger partial charge on any atom is -0.293 e. The number of hydrogen-bond donors (Lipinski definition) is 0. The van der Waals surface area contributed by atoms with Gasteiger partial charge in [0.2, 0.25) is 0 Å². The first-order valence-corrected chi connectivity index (χ1v) is 11.8. The largest absolute Gasteiger partial charge is 0.293 e.